The molecule has 1 aromatic carbocycles. The highest BCUT2D eigenvalue weighted by molar-refractivity contribution is 5.23. The van der Waals surface area contributed by atoms with E-state index in [0.717, 1.165) is 24.4 Å². The molecule has 0 saturated heterocycles. The standard InChI is InChI=1S/C17H20FNO/c1-11-3-8-17(20-11)12(2)19-16-9-14(10-16)13-4-6-15(18)7-5-13/h3-8,12,14,16,19H,9-10H2,1-2H3. The second-order valence-electron chi connectivity index (χ2n) is 5.75. The van der Waals surface area contributed by atoms with E-state index in [1.165, 1.54) is 5.56 Å². The van der Waals surface area contributed by atoms with E-state index in [0.29, 0.717) is 12.0 Å². The highest BCUT2D eigenvalue weighted by Gasteiger charge is 2.31. The Morgan fingerprint density at radius 3 is 2.45 bits per heavy atom. The molecule has 106 valence electrons. The van der Waals surface area contributed by atoms with Crippen molar-refractivity contribution in [3.8, 4) is 0 Å². The molecule has 3 heteroatoms. The van der Waals surface area contributed by atoms with Crippen molar-refractivity contribution in [2.75, 3.05) is 0 Å². The van der Waals surface area contributed by atoms with Gasteiger partial charge in [-0.2, -0.15) is 0 Å². The molecular weight excluding hydrogens is 253 g/mol. The highest BCUT2D eigenvalue weighted by atomic mass is 19.1. The second-order valence-corrected chi connectivity index (χ2v) is 5.75. The zero-order chi connectivity index (χ0) is 14.1. The summed E-state index contributed by atoms with van der Waals surface area (Å²) in [5.74, 6) is 2.34. The highest BCUT2D eigenvalue weighted by Crippen LogP contribution is 2.38. The number of nitrogens with one attached hydrogen (secondary N) is 1. The fourth-order valence-electron chi connectivity index (χ4n) is 2.88. The van der Waals surface area contributed by atoms with Gasteiger partial charge >= 0.3 is 0 Å². The van der Waals surface area contributed by atoms with Gasteiger partial charge in [-0.1, -0.05) is 12.1 Å². The maximum absolute atomic E-state index is 12.9. The third-order valence-electron chi connectivity index (χ3n) is 4.15. The van der Waals surface area contributed by atoms with Crippen molar-refractivity contribution < 1.29 is 8.81 Å². The van der Waals surface area contributed by atoms with Gasteiger partial charge < -0.3 is 9.73 Å². The Hall–Kier alpha value is -1.61. The third-order valence-corrected chi connectivity index (χ3v) is 4.15. The Morgan fingerprint density at radius 2 is 1.85 bits per heavy atom. The molecule has 1 heterocycles. The number of hydrogen-bond acceptors (Lipinski definition) is 2. The average Bonchev–Trinajstić information content (AvgIpc) is 2.81. The van der Waals surface area contributed by atoms with Gasteiger partial charge in [-0.3, -0.25) is 0 Å². The molecule has 0 spiro atoms. The molecule has 3 rings (SSSR count). The fourth-order valence-corrected chi connectivity index (χ4v) is 2.88. The van der Waals surface area contributed by atoms with E-state index in [1.807, 2.05) is 31.2 Å². The average molecular weight is 273 g/mol. The maximum atomic E-state index is 12.9. The van der Waals surface area contributed by atoms with Gasteiger partial charge in [0.1, 0.15) is 17.3 Å². The Bertz CT molecular complexity index is 569. The van der Waals surface area contributed by atoms with Crippen LogP contribution in [0.5, 0.6) is 0 Å². The van der Waals surface area contributed by atoms with Crippen LogP contribution in [0.4, 0.5) is 4.39 Å². The molecule has 1 aromatic heterocycles. The third kappa shape index (κ3) is 2.78. The van der Waals surface area contributed by atoms with Crippen molar-refractivity contribution in [2.45, 2.75) is 44.7 Å². The topological polar surface area (TPSA) is 25.2 Å². The fraction of sp³-hybridized carbons (Fsp3) is 0.412. The van der Waals surface area contributed by atoms with Crippen LogP contribution in [0, 0.1) is 12.7 Å². The summed E-state index contributed by atoms with van der Waals surface area (Å²) in [4.78, 5) is 0. The van der Waals surface area contributed by atoms with Gasteiger partial charge in [-0.25, -0.2) is 4.39 Å². The minimum Gasteiger partial charge on any atom is -0.465 e. The van der Waals surface area contributed by atoms with Crippen molar-refractivity contribution in [3.05, 3.63) is 59.3 Å². The maximum Gasteiger partial charge on any atom is 0.123 e. The number of benzene rings is 1. The van der Waals surface area contributed by atoms with Crippen molar-refractivity contribution in [1.29, 1.82) is 0 Å². The molecule has 1 saturated carbocycles. The van der Waals surface area contributed by atoms with E-state index in [-0.39, 0.29) is 11.9 Å². The number of halogens is 1. The zero-order valence-corrected chi connectivity index (χ0v) is 11.9. The van der Waals surface area contributed by atoms with Crippen LogP contribution >= 0.6 is 0 Å². The van der Waals surface area contributed by atoms with E-state index < -0.39 is 0 Å². The first-order chi connectivity index (χ1) is 9.61. The molecule has 0 amide bonds. The van der Waals surface area contributed by atoms with Gasteiger partial charge in [-0.05, 0) is 62.4 Å². The molecule has 1 fully saturated rings. The number of rotatable bonds is 4. The molecule has 0 bridgehead atoms. The minimum absolute atomic E-state index is 0.162. The lowest BCUT2D eigenvalue weighted by Crippen LogP contribution is -2.41. The quantitative estimate of drug-likeness (QED) is 0.897. The lowest BCUT2D eigenvalue weighted by atomic mass is 9.75. The van der Waals surface area contributed by atoms with Gasteiger partial charge in [0.25, 0.3) is 0 Å². The first-order valence-corrected chi connectivity index (χ1v) is 7.19. The normalized spacial score (nSPS) is 23.4. The molecule has 1 aliphatic carbocycles. The first-order valence-electron chi connectivity index (χ1n) is 7.19. The van der Waals surface area contributed by atoms with E-state index in [9.17, 15) is 4.39 Å². The van der Waals surface area contributed by atoms with E-state index >= 15 is 0 Å². The summed E-state index contributed by atoms with van der Waals surface area (Å²) < 4.78 is 18.5. The molecule has 2 nitrogen and oxygen atoms in total. The van der Waals surface area contributed by atoms with E-state index in [1.54, 1.807) is 12.1 Å². The summed E-state index contributed by atoms with van der Waals surface area (Å²) in [6.45, 7) is 4.09. The van der Waals surface area contributed by atoms with Crippen LogP contribution in [-0.2, 0) is 0 Å². The van der Waals surface area contributed by atoms with Crippen LogP contribution in [0.15, 0.2) is 40.8 Å². The Kier molecular flexibility index (Phi) is 3.62. The summed E-state index contributed by atoms with van der Waals surface area (Å²) >= 11 is 0. The lowest BCUT2D eigenvalue weighted by Gasteiger charge is -2.37. The summed E-state index contributed by atoms with van der Waals surface area (Å²) in [7, 11) is 0. The molecular formula is C17H20FNO. The van der Waals surface area contributed by atoms with Crippen molar-refractivity contribution in [1.82, 2.24) is 5.32 Å². The van der Waals surface area contributed by atoms with Crippen LogP contribution in [-0.4, -0.2) is 6.04 Å². The van der Waals surface area contributed by atoms with Crippen LogP contribution < -0.4 is 5.32 Å². The predicted molar refractivity (Wildman–Crippen MR) is 77.2 cm³/mol. The minimum atomic E-state index is -0.162. The molecule has 1 atom stereocenters. The van der Waals surface area contributed by atoms with Crippen molar-refractivity contribution in [3.63, 3.8) is 0 Å². The van der Waals surface area contributed by atoms with Crippen LogP contribution in [0.1, 0.15) is 48.8 Å². The number of aryl methyl sites for hydroxylation is 1. The molecule has 1 unspecified atom stereocenters. The molecule has 1 aliphatic rings. The molecule has 2 aromatic rings. The largest absolute Gasteiger partial charge is 0.465 e. The van der Waals surface area contributed by atoms with Gasteiger partial charge in [0, 0.05) is 6.04 Å². The van der Waals surface area contributed by atoms with Crippen LogP contribution in [0.2, 0.25) is 0 Å². The SMILES string of the molecule is Cc1ccc(C(C)NC2CC(c3ccc(F)cc3)C2)o1. The summed E-state index contributed by atoms with van der Waals surface area (Å²) in [6, 6.07) is 11.7. The number of hydrogen-bond donors (Lipinski definition) is 1. The van der Waals surface area contributed by atoms with Crippen LogP contribution in [0.25, 0.3) is 0 Å². The van der Waals surface area contributed by atoms with Crippen molar-refractivity contribution in [2.24, 2.45) is 0 Å². The van der Waals surface area contributed by atoms with E-state index in [4.69, 9.17) is 4.42 Å². The zero-order valence-electron chi connectivity index (χ0n) is 11.9. The molecule has 0 radical (unpaired) electrons. The summed E-state index contributed by atoms with van der Waals surface area (Å²) in [5.41, 5.74) is 1.24. The van der Waals surface area contributed by atoms with Gasteiger partial charge in [0.2, 0.25) is 0 Å². The smallest absolute Gasteiger partial charge is 0.123 e. The van der Waals surface area contributed by atoms with Crippen molar-refractivity contribution >= 4 is 0 Å². The molecule has 0 aliphatic heterocycles. The summed E-state index contributed by atoms with van der Waals surface area (Å²) in [5, 5.41) is 3.59. The Labute approximate surface area is 119 Å². The van der Waals surface area contributed by atoms with E-state index in [2.05, 4.69) is 12.2 Å². The monoisotopic (exact) mass is 273 g/mol. The lowest BCUT2D eigenvalue weighted by molar-refractivity contribution is 0.257. The Balaban J connectivity index is 1.52. The Morgan fingerprint density at radius 1 is 1.15 bits per heavy atom. The number of furan rings is 1. The van der Waals surface area contributed by atoms with Gasteiger partial charge in [0.15, 0.2) is 0 Å². The predicted octanol–water partition coefficient (Wildman–Crippen LogP) is 4.32. The van der Waals surface area contributed by atoms with Crippen LogP contribution in [0.3, 0.4) is 0 Å². The molecule has 1 N–H and O–H groups in total. The second kappa shape index (κ2) is 5.41. The summed E-state index contributed by atoms with van der Waals surface area (Å²) in [6.07, 6.45) is 2.21. The van der Waals surface area contributed by atoms with Gasteiger partial charge in [-0.15, -0.1) is 0 Å². The first kappa shape index (κ1) is 13.4. The van der Waals surface area contributed by atoms with Gasteiger partial charge in [0.05, 0.1) is 6.04 Å². The molecule has 20 heavy (non-hydrogen) atoms.